The lowest BCUT2D eigenvalue weighted by atomic mass is 10.2. The summed E-state index contributed by atoms with van der Waals surface area (Å²) >= 11 is 0. The number of hydrogen-bond donors (Lipinski definition) is 1. The summed E-state index contributed by atoms with van der Waals surface area (Å²) in [6.07, 6.45) is 0. The highest BCUT2D eigenvalue weighted by molar-refractivity contribution is 7.88. The summed E-state index contributed by atoms with van der Waals surface area (Å²) in [5, 5.41) is 0. The minimum absolute atomic E-state index is 0.124. The van der Waals surface area contributed by atoms with Gasteiger partial charge in [-0.15, -0.1) is 0 Å². The highest BCUT2D eigenvalue weighted by Gasteiger charge is 2.19. The van der Waals surface area contributed by atoms with E-state index in [2.05, 4.69) is 0 Å². The molecule has 1 rings (SSSR count). The van der Waals surface area contributed by atoms with Crippen LogP contribution in [0.1, 0.15) is 12.5 Å². The van der Waals surface area contributed by atoms with Gasteiger partial charge in [0, 0.05) is 19.6 Å². The van der Waals surface area contributed by atoms with E-state index in [1.807, 2.05) is 0 Å². The Balaban J connectivity index is 2.81. The fourth-order valence-electron chi connectivity index (χ4n) is 1.52. The molecule has 0 amide bonds. The smallest absolute Gasteiger partial charge is 0.218 e. The second-order valence-electron chi connectivity index (χ2n) is 3.66. The Hall–Kier alpha value is -0.980. The second kappa shape index (κ2) is 6.09. The van der Waals surface area contributed by atoms with E-state index in [0.717, 1.165) is 0 Å². The van der Waals surface area contributed by atoms with Crippen molar-refractivity contribution < 1.29 is 12.8 Å². The lowest BCUT2D eigenvalue weighted by molar-refractivity contribution is 0.434. The third-order valence-corrected chi connectivity index (χ3v) is 4.31. The third kappa shape index (κ3) is 4.07. The molecule has 0 unspecified atom stereocenters. The Bertz CT molecular complexity index is 445. The minimum atomic E-state index is -3.37. The summed E-state index contributed by atoms with van der Waals surface area (Å²) in [6, 6.07) is 5.46. The van der Waals surface area contributed by atoms with Crippen LogP contribution in [0.4, 0.5) is 4.39 Å². The zero-order chi connectivity index (χ0) is 12.9. The van der Waals surface area contributed by atoms with Gasteiger partial charge in [0.25, 0.3) is 0 Å². The van der Waals surface area contributed by atoms with E-state index in [-0.39, 0.29) is 18.1 Å². The lowest BCUT2D eigenvalue weighted by Crippen LogP contribution is -2.35. The second-order valence-corrected chi connectivity index (χ2v) is 5.63. The van der Waals surface area contributed by atoms with Gasteiger partial charge in [0.15, 0.2) is 0 Å². The van der Waals surface area contributed by atoms with Crippen molar-refractivity contribution >= 4 is 10.0 Å². The number of nitrogens with zero attached hydrogens (tertiary/aromatic N) is 1. The normalized spacial score (nSPS) is 12.0. The highest BCUT2D eigenvalue weighted by Crippen LogP contribution is 2.11. The molecular formula is C11H17FN2O2S. The molecule has 0 saturated carbocycles. The predicted octanol–water partition coefficient (Wildman–Crippen LogP) is 0.936. The fraction of sp³-hybridized carbons (Fsp3) is 0.455. The number of likely N-dealkylation sites (N-methyl/N-ethyl adjacent to an activating group) is 1. The molecule has 0 bridgehead atoms. The van der Waals surface area contributed by atoms with Crippen molar-refractivity contribution in [3.05, 3.63) is 35.6 Å². The first-order valence-corrected chi connectivity index (χ1v) is 7.03. The van der Waals surface area contributed by atoms with Gasteiger partial charge < -0.3 is 5.73 Å². The molecule has 0 atom stereocenters. The number of halogens is 1. The number of sulfonamides is 1. The van der Waals surface area contributed by atoms with Crippen molar-refractivity contribution in [2.75, 3.05) is 19.6 Å². The van der Waals surface area contributed by atoms with E-state index in [1.54, 1.807) is 6.92 Å². The maximum absolute atomic E-state index is 12.7. The SMILES string of the molecule is CCN(CCN)S(=O)(=O)Cc1ccc(F)cc1. The van der Waals surface area contributed by atoms with Crippen LogP contribution in [0.5, 0.6) is 0 Å². The van der Waals surface area contributed by atoms with Crippen molar-refractivity contribution in [2.24, 2.45) is 5.73 Å². The molecule has 0 aromatic heterocycles. The maximum Gasteiger partial charge on any atom is 0.218 e. The summed E-state index contributed by atoms with van der Waals surface area (Å²) in [5.41, 5.74) is 5.93. The molecule has 17 heavy (non-hydrogen) atoms. The van der Waals surface area contributed by atoms with Crippen LogP contribution in [0.3, 0.4) is 0 Å². The van der Waals surface area contributed by atoms with Gasteiger partial charge in [0.05, 0.1) is 5.75 Å². The van der Waals surface area contributed by atoms with Gasteiger partial charge in [-0.05, 0) is 17.7 Å². The zero-order valence-electron chi connectivity index (χ0n) is 9.77. The Morgan fingerprint density at radius 1 is 1.29 bits per heavy atom. The monoisotopic (exact) mass is 260 g/mol. The molecule has 0 fully saturated rings. The molecular weight excluding hydrogens is 243 g/mol. The first kappa shape index (κ1) is 14.1. The first-order chi connectivity index (χ1) is 7.99. The van der Waals surface area contributed by atoms with E-state index >= 15 is 0 Å². The molecule has 0 heterocycles. The van der Waals surface area contributed by atoms with Crippen LogP contribution in [0.15, 0.2) is 24.3 Å². The van der Waals surface area contributed by atoms with Gasteiger partial charge in [-0.1, -0.05) is 19.1 Å². The summed E-state index contributed by atoms with van der Waals surface area (Å²) in [7, 11) is -3.37. The fourth-order valence-corrected chi connectivity index (χ4v) is 3.09. The molecule has 0 aliphatic rings. The van der Waals surface area contributed by atoms with Crippen LogP contribution >= 0.6 is 0 Å². The Morgan fingerprint density at radius 2 is 1.88 bits per heavy atom. The maximum atomic E-state index is 12.7. The van der Waals surface area contributed by atoms with Crippen LogP contribution in [-0.4, -0.2) is 32.4 Å². The number of rotatable bonds is 6. The van der Waals surface area contributed by atoms with Crippen molar-refractivity contribution in [1.82, 2.24) is 4.31 Å². The molecule has 2 N–H and O–H groups in total. The van der Waals surface area contributed by atoms with Crippen LogP contribution in [-0.2, 0) is 15.8 Å². The van der Waals surface area contributed by atoms with Gasteiger partial charge in [0.1, 0.15) is 5.82 Å². The van der Waals surface area contributed by atoms with Gasteiger partial charge in [0.2, 0.25) is 10.0 Å². The van der Waals surface area contributed by atoms with Gasteiger partial charge in [-0.25, -0.2) is 17.1 Å². The molecule has 0 aliphatic carbocycles. The van der Waals surface area contributed by atoms with E-state index < -0.39 is 10.0 Å². The standard InChI is InChI=1S/C11H17FN2O2S/c1-2-14(8-7-13)17(15,16)9-10-3-5-11(12)6-4-10/h3-6H,2,7-9,13H2,1H3. The zero-order valence-corrected chi connectivity index (χ0v) is 10.6. The van der Waals surface area contributed by atoms with Crippen molar-refractivity contribution in [1.29, 1.82) is 0 Å². The van der Waals surface area contributed by atoms with Crippen LogP contribution in [0.25, 0.3) is 0 Å². The third-order valence-electron chi connectivity index (χ3n) is 2.39. The highest BCUT2D eigenvalue weighted by atomic mass is 32.2. The molecule has 1 aromatic carbocycles. The Morgan fingerprint density at radius 3 is 2.35 bits per heavy atom. The number of hydrogen-bond acceptors (Lipinski definition) is 3. The molecule has 0 radical (unpaired) electrons. The van der Waals surface area contributed by atoms with Gasteiger partial charge >= 0.3 is 0 Å². The molecule has 0 spiro atoms. The molecule has 0 aliphatic heterocycles. The number of benzene rings is 1. The van der Waals surface area contributed by atoms with Gasteiger partial charge in [-0.3, -0.25) is 0 Å². The molecule has 1 aromatic rings. The summed E-state index contributed by atoms with van der Waals surface area (Å²) < 4.78 is 38.0. The topological polar surface area (TPSA) is 63.4 Å². The number of nitrogens with two attached hydrogens (primary N) is 1. The Labute approximate surface area is 101 Å². The van der Waals surface area contributed by atoms with Crippen LogP contribution in [0, 0.1) is 5.82 Å². The largest absolute Gasteiger partial charge is 0.329 e. The molecule has 6 heteroatoms. The predicted molar refractivity (Wildman–Crippen MR) is 65.3 cm³/mol. The lowest BCUT2D eigenvalue weighted by Gasteiger charge is -2.19. The molecule has 96 valence electrons. The van der Waals surface area contributed by atoms with Crippen LogP contribution < -0.4 is 5.73 Å². The minimum Gasteiger partial charge on any atom is -0.329 e. The average molecular weight is 260 g/mol. The molecule has 4 nitrogen and oxygen atoms in total. The average Bonchev–Trinajstić information content (AvgIpc) is 2.28. The summed E-state index contributed by atoms with van der Waals surface area (Å²) in [4.78, 5) is 0. The van der Waals surface area contributed by atoms with Crippen LogP contribution in [0.2, 0.25) is 0 Å². The first-order valence-electron chi connectivity index (χ1n) is 5.42. The summed E-state index contributed by atoms with van der Waals surface area (Å²) in [5.74, 6) is -0.498. The van der Waals surface area contributed by atoms with E-state index in [1.165, 1.54) is 28.6 Å². The Kier molecular flexibility index (Phi) is 5.04. The molecule has 0 saturated heterocycles. The quantitative estimate of drug-likeness (QED) is 0.828. The van der Waals surface area contributed by atoms with E-state index in [9.17, 15) is 12.8 Å². The van der Waals surface area contributed by atoms with Crippen molar-refractivity contribution in [3.63, 3.8) is 0 Å². The van der Waals surface area contributed by atoms with E-state index in [4.69, 9.17) is 5.73 Å². The van der Waals surface area contributed by atoms with Gasteiger partial charge in [-0.2, -0.15) is 0 Å². The summed E-state index contributed by atoms with van der Waals surface area (Å²) in [6.45, 7) is 2.75. The van der Waals surface area contributed by atoms with Crippen molar-refractivity contribution in [2.45, 2.75) is 12.7 Å². The van der Waals surface area contributed by atoms with E-state index in [0.29, 0.717) is 18.7 Å². The van der Waals surface area contributed by atoms with Crippen molar-refractivity contribution in [3.8, 4) is 0 Å².